The van der Waals surface area contributed by atoms with Gasteiger partial charge < -0.3 is 9.88 Å². The smallest absolute Gasteiger partial charge is 0.229 e. The summed E-state index contributed by atoms with van der Waals surface area (Å²) in [6, 6.07) is 32.0. The highest BCUT2D eigenvalue weighted by atomic mass is 32.2. The molecule has 0 spiro atoms. The van der Waals surface area contributed by atoms with Crippen LogP contribution in [0.1, 0.15) is 5.56 Å². The van der Waals surface area contributed by atoms with Gasteiger partial charge in [-0.2, -0.15) is 0 Å². The molecule has 0 fully saturated rings. The van der Waals surface area contributed by atoms with E-state index in [0.29, 0.717) is 11.5 Å². The van der Waals surface area contributed by atoms with Crippen LogP contribution in [-0.2, 0) is 16.6 Å². The molecule has 0 aliphatic heterocycles. The Hall–Kier alpha value is -4.10. The molecular formula is C27H24N4O2S. The van der Waals surface area contributed by atoms with E-state index in [4.69, 9.17) is 0 Å². The number of hydrogen-bond acceptors (Lipinski definition) is 4. The zero-order chi connectivity index (χ0) is 23.5. The van der Waals surface area contributed by atoms with Gasteiger partial charge in [0.1, 0.15) is 5.82 Å². The number of nitrogens with zero attached hydrogens (tertiary/aromatic N) is 2. The molecule has 0 unspecified atom stereocenters. The SMILES string of the molecule is CS(=O)(=O)Nc1cccc(Nc2cc3c(cn2)cc(-c2ccccc2)n3Cc2ccccc2)c1. The maximum absolute atomic E-state index is 11.6. The van der Waals surface area contributed by atoms with Crippen LogP contribution in [0.25, 0.3) is 22.2 Å². The van der Waals surface area contributed by atoms with Crippen LogP contribution < -0.4 is 10.0 Å². The molecule has 2 aromatic heterocycles. The Morgan fingerprint density at radius 1 is 0.824 bits per heavy atom. The van der Waals surface area contributed by atoms with Gasteiger partial charge >= 0.3 is 0 Å². The van der Waals surface area contributed by atoms with Crippen molar-refractivity contribution in [2.75, 3.05) is 16.3 Å². The number of aromatic nitrogens is 2. The minimum Gasteiger partial charge on any atom is -0.340 e. The number of fused-ring (bicyclic) bond motifs is 1. The topological polar surface area (TPSA) is 76.0 Å². The Morgan fingerprint density at radius 3 is 2.26 bits per heavy atom. The van der Waals surface area contributed by atoms with Crippen molar-refractivity contribution in [1.29, 1.82) is 0 Å². The molecular weight excluding hydrogens is 444 g/mol. The summed E-state index contributed by atoms with van der Waals surface area (Å²) >= 11 is 0. The maximum atomic E-state index is 11.6. The third-order valence-corrected chi connectivity index (χ3v) is 6.08. The molecule has 0 amide bonds. The van der Waals surface area contributed by atoms with Gasteiger partial charge in [0.15, 0.2) is 0 Å². The van der Waals surface area contributed by atoms with E-state index in [1.54, 1.807) is 18.2 Å². The zero-order valence-electron chi connectivity index (χ0n) is 18.6. The molecule has 0 saturated heterocycles. The molecule has 0 aliphatic rings. The van der Waals surface area contributed by atoms with Gasteiger partial charge in [-0.05, 0) is 35.4 Å². The van der Waals surface area contributed by atoms with Gasteiger partial charge in [-0.3, -0.25) is 4.72 Å². The van der Waals surface area contributed by atoms with Crippen LogP contribution in [-0.4, -0.2) is 24.2 Å². The lowest BCUT2D eigenvalue weighted by Gasteiger charge is -2.13. The molecule has 170 valence electrons. The Morgan fingerprint density at radius 2 is 1.53 bits per heavy atom. The van der Waals surface area contributed by atoms with Gasteiger partial charge in [0, 0.05) is 35.6 Å². The van der Waals surface area contributed by atoms with E-state index in [0.717, 1.165) is 40.6 Å². The molecule has 0 radical (unpaired) electrons. The number of nitrogens with one attached hydrogen (secondary N) is 2. The molecule has 2 N–H and O–H groups in total. The van der Waals surface area contributed by atoms with Crippen LogP contribution in [0.5, 0.6) is 0 Å². The number of hydrogen-bond donors (Lipinski definition) is 2. The third kappa shape index (κ3) is 4.94. The second-order valence-electron chi connectivity index (χ2n) is 8.18. The number of benzene rings is 3. The molecule has 5 rings (SSSR count). The predicted molar refractivity (Wildman–Crippen MR) is 139 cm³/mol. The van der Waals surface area contributed by atoms with E-state index in [-0.39, 0.29) is 0 Å². The summed E-state index contributed by atoms with van der Waals surface area (Å²) in [6.45, 7) is 0.728. The number of pyridine rings is 1. The molecule has 0 saturated carbocycles. The van der Waals surface area contributed by atoms with Gasteiger partial charge in [-0.25, -0.2) is 13.4 Å². The van der Waals surface area contributed by atoms with Crippen molar-refractivity contribution in [1.82, 2.24) is 9.55 Å². The molecule has 0 bridgehead atoms. The quantitative estimate of drug-likeness (QED) is 0.313. The summed E-state index contributed by atoms with van der Waals surface area (Å²) in [5.74, 6) is 0.677. The molecule has 3 aromatic carbocycles. The fourth-order valence-corrected chi connectivity index (χ4v) is 4.59. The van der Waals surface area contributed by atoms with Crippen molar-refractivity contribution < 1.29 is 8.42 Å². The minimum atomic E-state index is -3.35. The molecule has 5 aromatic rings. The summed E-state index contributed by atoms with van der Waals surface area (Å²) in [5, 5.41) is 4.35. The second-order valence-corrected chi connectivity index (χ2v) is 9.92. The van der Waals surface area contributed by atoms with E-state index in [2.05, 4.69) is 62.1 Å². The van der Waals surface area contributed by atoms with Crippen LogP contribution in [0.4, 0.5) is 17.2 Å². The number of anilines is 3. The third-order valence-electron chi connectivity index (χ3n) is 5.48. The Kier molecular flexibility index (Phi) is 5.77. The monoisotopic (exact) mass is 468 g/mol. The average Bonchev–Trinajstić information content (AvgIpc) is 3.17. The first-order chi connectivity index (χ1) is 16.4. The first-order valence-corrected chi connectivity index (χ1v) is 12.8. The lowest BCUT2D eigenvalue weighted by Crippen LogP contribution is -2.09. The number of sulfonamides is 1. The van der Waals surface area contributed by atoms with Gasteiger partial charge in [0.05, 0.1) is 17.5 Å². The van der Waals surface area contributed by atoms with Crippen molar-refractivity contribution in [3.63, 3.8) is 0 Å². The maximum Gasteiger partial charge on any atom is 0.229 e. The summed E-state index contributed by atoms with van der Waals surface area (Å²) < 4.78 is 28.0. The van der Waals surface area contributed by atoms with Crippen molar-refractivity contribution in [3.8, 4) is 11.3 Å². The van der Waals surface area contributed by atoms with Crippen LogP contribution in [0.3, 0.4) is 0 Å². The first-order valence-electron chi connectivity index (χ1n) is 10.9. The normalized spacial score (nSPS) is 11.4. The summed E-state index contributed by atoms with van der Waals surface area (Å²) in [7, 11) is -3.35. The van der Waals surface area contributed by atoms with Crippen molar-refractivity contribution in [2.45, 2.75) is 6.54 Å². The molecule has 2 heterocycles. The summed E-state index contributed by atoms with van der Waals surface area (Å²) in [5.41, 5.74) is 5.77. The lowest BCUT2D eigenvalue weighted by atomic mass is 10.1. The van der Waals surface area contributed by atoms with Gasteiger partial charge in [0.25, 0.3) is 0 Å². The van der Waals surface area contributed by atoms with Gasteiger partial charge in [0.2, 0.25) is 10.0 Å². The molecule has 0 aliphatic carbocycles. The molecule has 0 atom stereocenters. The lowest BCUT2D eigenvalue weighted by molar-refractivity contribution is 0.607. The largest absolute Gasteiger partial charge is 0.340 e. The van der Waals surface area contributed by atoms with Crippen LogP contribution in [0.2, 0.25) is 0 Å². The van der Waals surface area contributed by atoms with E-state index in [1.807, 2.05) is 42.6 Å². The minimum absolute atomic E-state index is 0.493. The zero-order valence-corrected chi connectivity index (χ0v) is 19.5. The van der Waals surface area contributed by atoms with Crippen LogP contribution in [0, 0.1) is 0 Å². The Bertz CT molecular complexity index is 1550. The first kappa shape index (κ1) is 21.7. The summed E-state index contributed by atoms with van der Waals surface area (Å²) in [6.07, 6.45) is 3.00. The number of rotatable bonds is 7. The highest BCUT2D eigenvalue weighted by Gasteiger charge is 2.13. The molecule has 34 heavy (non-hydrogen) atoms. The van der Waals surface area contributed by atoms with Gasteiger partial charge in [-0.1, -0.05) is 66.7 Å². The highest BCUT2D eigenvalue weighted by Crippen LogP contribution is 2.31. The van der Waals surface area contributed by atoms with E-state index in [9.17, 15) is 8.42 Å². The average molecular weight is 469 g/mol. The van der Waals surface area contributed by atoms with Crippen molar-refractivity contribution in [3.05, 3.63) is 109 Å². The van der Waals surface area contributed by atoms with Crippen LogP contribution >= 0.6 is 0 Å². The van der Waals surface area contributed by atoms with Crippen molar-refractivity contribution >= 4 is 38.1 Å². The molecule has 7 heteroatoms. The Labute approximate surface area is 199 Å². The fraction of sp³-hybridized carbons (Fsp3) is 0.0741. The standard InChI is InChI=1S/C27H24N4O2S/c1-34(32,33)30-24-14-8-13-23(16-24)29-27-17-26-22(18-28-27)15-25(21-11-6-3-7-12-21)31(26)19-20-9-4-2-5-10-20/h2-18,30H,19H2,1H3,(H,28,29). The van der Waals surface area contributed by atoms with E-state index >= 15 is 0 Å². The predicted octanol–water partition coefficient (Wildman–Crippen LogP) is 5.87. The van der Waals surface area contributed by atoms with E-state index < -0.39 is 10.0 Å². The molecule has 6 nitrogen and oxygen atoms in total. The van der Waals surface area contributed by atoms with Gasteiger partial charge in [-0.15, -0.1) is 0 Å². The van der Waals surface area contributed by atoms with Crippen LogP contribution in [0.15, 0.2) is 103 Å². The Balaban J connectivity index is 1.55. The second kappa shape index (κ2) is 9.03. The highest BCUT2D eigenvalue weighted by molar-refractivity contribution is 7.92. The van der Waals surface area contributed by atoms with Crippen molar-refractivity contribution in [2.24, 2.45) is 0 Å². The fourth-order valence-electron chi connectivity index (χ4n) is 4.03. The van der Waals surface area contributed by atoms with E-state index in [1.165, 1.54) is 5.56 Å². The summed E-state index contributed by atoms with van der Waals surface area (Å²) in [4.78, 5) is 4.60.